The van der Waals surface area contributed by atoms with Gasteiger partial charge in [0.15, 0.2) is 0 Å². The first kappa shape index (κ1) is 29.4. The SMILES string of the molecule is CCc1ccc(N(CCCC(=O)N(Cc2ccccc2)[C@H](CC)C(=O)NC(C)(C)C)S(C)(=O)=O)cc1. The largest absolute Gasteiger partial charge is 0.350 e. The van der Waals surface area contributed by atoms with Crippen LogP contribution in [0.4, 0.5) is 5.69 Å². The maximum Gasteiger partial charge on any atom is 0.243 e. The van der Waals surface area contributed by atoms with Crippen LogP contribution in [0.5, 0.6) is 0 Å². The van der Waals surface area contributed by atoms with E-state index >= 15 is 0 Å². The third kappa shape index (κ3) is 8.97. The molecule has 2 amide bonds. The Morgan fingerprint density at radius 2 is 1.56 bits per heavy atom. The van der Waals surface area contributed by atoms with Gasteiger partial charge in [-0.15, -0.1) is 0 Å². The van der Waals surface area contributed by atoms with Crippen LogP contribution in [0.1, 0.15) is 65.0 Å². The minimum absolute atomic E-state index is 0.130. The van der Waals surface area contributed by atoms with Crippen molar-refractivity contribution >= 4 is 27.5 Å². The van der Waals surface area contributed by atoms with Crippen molar-refractivity contribution in [3.8, 4) is 0 Å². The van der Waals surface area contributed by atoms with Crippen LogP contribution in [-0.2, 0) is 32.6 Å². The Morgan fingerprint density at radius 1 is 0.944 bits per heavy atom. The number of carbonyl (C=O) groups excluding carboxylic acids is 2. The Labute approximate surface area is 216 Å². The van der Waals surface area contributed by atoms with Crippen LogP contribution in [0.15, 0.2) is 54.6 Å². The highest BCUT2D eigenvalue weighted by Crippen LogP contribution is 2.21. The van der Waals surface area contributed by atoms with Gasteiger partial charge in [-0.1, -0.05) is 56.3 Å². The van der Waals surface area contributed by atoms with E-state index in [1.54, 1.807) is 17.0 Å². The van der Waals surface area contributed by atoms with Crippen LogP contribution in [0.25, 0.3) is 0 Å². The molecule has 1 N–H and O–H groups in total. The maximum absolute atomic E-state index is 13.4. The van der Waals surface area contributed by atoms with Gasteiger partial charge in [0.05, 0.1) is 11.9 Å². The summed E-state index contributed by atoms with van der Waals surface area (Å²) in [6, 6.07) is 16.4. The Balaban J connectivity index is 2.20. The average Bonchev–Trinajstić information content (AvgIpc) is 2.80. The quantitative estimate of drug-likeness (QED) is 0.450. The predicted octanol–water partition coefficient (Wildman–Crippen LogP) is 4.52. The summed E-state index contributed by atoms with van der Waals surface area (Å²) in [4.78, 5) is 28.2. The van der Waals surface area contributed by atoms with Crippen molar-refractivity contribution in [1.82, 2.24) is 10.2 Å². The van der Waals surface area contributed by atoms with E-state index < -0.39 is 21.6 Å². The fourth-order valence-electron chi connectivity index (χ4n) is 4.05. The number of nitrogens with zero attached hydrogens (tertiary/aromatic N) is 2. The van der Waals surface area contributed by atoms with Crippen LogP contribution in [0.3, 0.4) is 0 Å². The number of aryl methyl sites for hydroxylation is 1. The maximum atomic E-state index is 13.4. The molecule has 36 heavy (non-hydrogen) atoms. The molecule has 0 bridgehead atoms. The van der Waals surface area contributed by atoms with Gasteiger partial charge in [0.1, 0.15) is 6.04 Å². The van der Waals surface area contributed by atoms with Gasteiger partial charge in [0, 0.05) is 25.0 Å². The highest BCUT2D eigenvalue weighted by molar-refractivity contribution is 7.92. The highest BCUT2D eigenvalue weighted by atomic mass is 32.2. The van der Waals surface area contributed by atoms with Gasteiger partial charge in [0.2, 0.25) is 21.8 Å². The Hall–Kier alpha value is -2.87. The molecule has 2 aromatic carbocycles. The minimum Gasteiger partial charge on any atom is -0.350 e. The summed E-state index contributed by atoms with van der Waals surface area (Å²) in [7, 11) is -3.51. The van der Waals surface area contributed by atoms with E-state index in [4.69, 9.17) is 0 Å². The second-order valence-electron chi connectivity index (χ2n) is 10.1. The molecule has 0 saturated carbocycles. The van der Waals surface area contributed by atoms with E-state index in [1.165, 1.54) is 10.6 Å². The standard InChI is InChI=1S/C28H41N3O4S/c1-7-22-16-18-24(19-17-22)31(36(6,34)35)20-12-15-26(32)30(21-23-13-10-9-11-14-23)25(8-2)27(33)29-28(3,4)5/h9-11,13-14,16-19,25H,7-8,12,15,20-21H2,1-6H3,(H,29,33)/t25-/m1/s1. The summed E-state index contributed by atoms with van der Waals surface area (Å²) in [5, 5.41) is 3.00. The Morgan fingerprint density at radius 3 is 2.06 bits per heavy atom. The fourth-order valence-corrected chi connectivity index (χ4v) is 5.02. The summed E-state index contributed by atoms with van der Waals surface area (Å²) in [6.45, 7) is 10.2. The minimum atomic E-state index is -3.51. The zero-order valence-corrected chi connectivity index (χ0v) is 23.3. The number of hydrogen-bond donors (Lipinski definition) is 1. The third-order valence-electron chi connectivity index (χ3n) is 5.86. The topological polar surface area (TPSA) is 86.8 Å². The highest BCUT2D eigenvalue weighted by Gasteiger charge is 2.30. The number of hydrogen-bond acceptors (Lipinski definition) is 4. The zero-order valence-electron chi connectivity index (χ0n) is 22.5. The molecule has 0 aliphatic carbocycles. The van der Waals surface area contributed by atoms with Crippen LogP contribution in [0.2, 0.25) is 0 Å². The molecular formula is C28H41N3O4S. The molecule has 0 aliphatic rings. The summed E-state index contributed by atoms with van der Waals surface area (Å²) >= 11 is 0. The lowest BCUT2D eigenvalue weighted by molar-refractivity contribution is -0.142. The van der Waals surface area contributed by atoms with E-state index in [-0.39, 0.29) is 24.8 Å². The first-order chi connectivity index (χ1) is 16.9. The molecule has 0 unspecified atom stereocenters. The molecule has 0 saturated heterocycles. The van der Waals surface area contributed by atoms with Crippen LogP contribution in [-0.4, -0.2) is 49.5 Å². The molecular weight excluding hydrogens is 474 g/mol. The molecule has 0 fully saturated rings. The van der Waals surface area contributed by atoms with Crippen molar-refractivity contribution in [2.24, 2.45) is 0 Å². The van der Waals surface area contributed by atoms with Gasteiger partial charge in [-0.2, -0.15) is 0 Å². The van der Waals surface area contributed by atoms with Crippen molar-refractivity contribution in [1.29, 1.82) is 0 Å². The molecule has 0 spiro atoms. The molecule has 2 aromatic rings. The molecule has 7 nitrogen and oxygen atoms in total. The third-order valence-corrected chi connectivity index (χ3v) is 7.06. The number of anilines is 1. The first-order valence-electron chi connectivity index (χ1n) is 12.6. The lowest BCUT2D eigenvalue weighted by Crippen LogP contribution is -2.53. The summed E-state index contributed by atoms with van der Waals surface area (Å²) < 4.78 is 26.3. The number of rotatable bonds is 12. The normalized spacial score (nSPS) is 12.6. The van der Waals surface area contributed by atoms with Gasteiger partial charge in [0.25, 0.3) is 0 Å². The summed E-state index contributed by atoms with van der Waals surface area (Å²) in [5.41, 5.74) is 2.22. The van der Waals surface area contributed by atoms with Crippen molar-refractivity contribution in [3.05, 3.63) is 65.7 Å². The van der Waals surface area contributed by atoms with Gasteiger partial charge < -0.3 is 10.2 Å². The fraction of sp³-hybridized carbons (Fsp3) is 0.500. The number of nitrogens with one attached hydrogen (secondary N) is 1. The number of amides is 2. The lowest BCUT2D eigenvalue weighted by atomic mass is 10.0. The second kappa shape index (κ2) is 12.9. The summed E-state index contributed by atoms with van der Waals surface area (Å²) in [6.07, 6.45) is 2.98. The zero-order chi connectivity index (χ0) is 26.9. The van der Waals surface area contributed by atoms with E-state index in [0.717, 1.165) is 17.5 Å². The Bertz CT molecular complexity index is 1090. The molecule has 0 aromatic heterocycles. The average molecular weight is 516 g/mol. The summed E-state index contributed by atoms with van der Waals surface area (Å²) in [5.74, 6) is -0.368. The van der Waals surface area contributed by atoms with E-state index in [1.807, 2.05) is 77.1 Å². The van der Waals surface area contributed by atoms with Crippen LogP contribution < -0.4 is 9.62 Å². The number of sulfonamides is 1. The van der Waals surface area contributed by atoms with Crippen molar-refractivity contribution in [3.63, 3.8) is 0 Å². The first-order valence-corrected chi connectivity index (χ1v) is 14.4. The van der Waals surface area contributed by atoms with Gasteiger partial charge in [-0.05, 0) is 63.3 Å². The van der Waals surface area contributed by atoms with E-state index in [0.29, 0.717) is 25.1 Å². The molecule has 2 rings (SSSR count). The van der Waals surface area contributed by atoms with E-state index in [2.05, 4.69) is 5.32 Å². The molecule has 0 radical (unpaired) electrons. The lowest BCUT2D eigenvalue weighted by Gasteiger charge is -2.33. The molecule has 0 aliphatic heterocycles. The molecule has 198 valence electrons. The Kier molecular flexibility index (Phi) is 10.5. The van der Waals surface area contributed by atoms with Crippen molar-refractivity contribution < 1.29 is 18.0 Å². The number of carbonyl (C=O) groups is 2. The van der Waals surface area contributed by atoms with Crippen LogP contribution >= 0.6 is 0 Å². The second-order valence-corrected chi connectivity index (χ2v) is 12.0. The predicted molar refractivity (Wildman–Crippen MR) is 146 cm³/mol. The van der Waals surface area contributed by atoms with Crippen molar-refractivity contribution in [2.45, 2.75) is 78.4 Å². The molecule has 1 atom stereocenters. The van der Waals surface area contributed by atoms with E-state index in [9.17, 15) is 18.0 Å². The van der Waals surface area contributed by atoms with Gasteiger partial charge in [-0.25, -0.2) is 8.42 Å². The number of benzene rings is 2. The van der Waals surface area contributed by atoms with Crippen LogP contribution in [0, 0.1) is 0 Å². The monoisotopic (exact) mass is 515 g/mol. The van der Waals surface area contributed by atoms with Gasteiger partial charge in [-0.3, -0.25) is 13.9 Å². The van der Waals surface area contributed by atoms with Crippen molar-refractivity contribution in [2.75, 3.05) is 17.1 Å². The molecule has 0 heterocycles. The van der Waals surface area contributed by atoms with Gasteiger partial charge >= 0.3 is 0 Å². The smallest absolute Gasteiger partial charge is 0.243 e. The molecule has 8 heteroatoms.